The van der Waals surface area contributed by atoms with E-state index in [2.05, 4.69) is 15.1 Å². The van der Waals surface area contributed by atoms with Crippen LogP contribution in [0.25, 0.3) is 5.65 Å². The Morgan fingerprint density at radius 3 is 2.89 bits per heavy atom. The molecule has 1 aliphatic rings. The SMILES string of the molecule is O[C@H](COc1ccc(F)cc1)CN1CCC[C@H](c2nnc3ccccn23)C1. The second-order valence-corrected chi connectivity index (χ2v) is 7.00. The molecule has 0 aliphatic carbocycles. The number of ether oxygens (including phenoxy) is 1. The number of β-amino-alcohol motifs (C(OH)–C–C–N with tert-alkyl or cyclic N) is 1. The molecule has 1 aliphatic heterocycles. The van der Waals surface area contributed by atoms with Crippen LogP contribution in [0.3, 0.4) is 0 Å². The topological polar surface area (TPSA) is 62.9 Å². The van der Waals surface area contributed by atoms with Crippen LogP contribution >= 0.6 is 0 Å². The molecule has 0 unspecified atom stereocenters. The summed E-state index contributed by atoms with van der Waals surface area (Å²) in [6.45, 7) is 2.50. The highest BCUT2D eigenvalue weighted by molar-refractivity contribution is 5.37. The fourth-order valence-electron chi connectivity index (χ4n) is 3.64. The molecule has 0 spiro atoms. The second kappa shape index (κ2) is 8.02. The third kappa shape index (κ3) is 4.26. The van der Waals surface area contributed by atoms with Crippen LogP contribution in [0.5, 0.6) is 5.75 Å². The van der Waals surface area contributed by atoms with Crippen molar-refractivity contribution in [2.24, 2.45) is 0 Å². The molecule has 4 rings (SSSR count). The number of hydrogen-bond donors (Lipinski definition) is 1. The zero-order valence-corrected chi connectivity index (χ0v) is 15.0. The van der Waals surface area contributed by atoms with E-state index in [1.54, 1.807) is 12.1 Å². The quantitative estimate of drug-likeness (QED) is 0.722. The van der Waals surface area contributed by atoms with E-state index in [0.29, 0.717) is 18.2 Å². The first-order valence-electron chi connectivity index (χ1n) is 9.27. The van der Waals surface area contributed by atoms with Crippen molar-refractivity contribution in [1.29, 1.82) is 0 Å². The van der Waals surface area contributed by atoms with Crippen molar-refractivity contribution in [1.82, 2.24) is 19.5 Å². The molecule has 1 N–H and O–H groups in total. The Balaban J connectivity index is 1.33. The molecule has 0 bridgehead atoms. The Kier molecular flexibility index (Phi) is 5.31. The van der Waals surface area contributed by atoms with Crippen LogP contribution in [0.15, 0.2) is 48.7 Å². The predicted octanol–water partition coefficient (Wildman–Crippen LogP) is 2.49. The van der Waals surface area contributed by atoms with Crippen molar-refractivity contribution in [3.63, 3.8) is 0 Å². The number of aromatic nitrogens is 3. The summed E-state index contributed by atoms with van der Waals surface area (Å²) in [5, 5.41) is 19.0. The Morgan fingerprint density at radius 1 is 1.19 bits per heavy atom. The summed E-state index contributed by atoms with van der Waals surface area (Å²) >= 11 is 0. The highest BCUT2D eigenvalue weighted by Gasteiger charge is 2.26. The van der Waals surface area contributed by atoms with Crippen molar-refractivity contribution >= 4 is 5.65 Å². The largest absolute Gasteiger partial charge is 0.491 e. The molecule has 1 fully saturated rings. The molecule has 7 heteroatoms. The Morgan fingerprint density at radius 2 is 2.04 bits per heavy atom. The molecule has 1 aromatic carbocycles. The number of hydrogen-bond acceptors (Lipinski definition) is 5. The zero-order valence-electron chi connectivity index (χ0n) is 15.0. The Bertz CT molecular complexity index is 883. The molecule has 142 valence electrons. The van der Waals surface area contributed by atoms with Gasteiger partial charge < -0.3 is 9.84 Å². The van der Waals surface area contributed by atoms with Crippen LogP contribution in [-0.2, 0) is 0 Å². The van der Waals surface area contributed by atoms with E-state index in [1.165, 1.54) is 12.1 Å². The van der Waals surface area contributed by atoms with Gasteiger partial charge in [-0.1, -0.05) is 6.07 Å². The van der Waals surface area contributed by atoms with Gasteiger partial charge in [0.05, 0.1) is 0 Å². The van der Waals surface area contributed by atoms with Crippen LogP contribution < -0.4 is 4.74 Å². The van der Waals surface area contributed by atoms with E-state index < -0.39 is 6.10 Å². The predicted molar refractivity (Wildman–Crippen MR) is 99.3 cm³/mol. The highest BCUT2D eigenvalue weighted by Crippen LogP contribution is 2.26. The van der Waals surface area contributed by atoms with Crippen molar-refractivity contribution in [3.05, 3.63) is 60.3 Å². The number of pyridine rings is 1. The molecule has 6 nitrogen and oxygen atoms in total. The van der Waals surface area contributed by atoms with Gasteiger partial charge in [-0.05, 0) is 55.8 Å². The number of likely N-dealkylation sites (tertiary alicyclic amines) is 1. The summed E-state index contributed by atoms with van der Waals surface area (Å²) in [5.41, 5.74) is 0.859. The van der Waals surface area contributed by atoms with Crippen molar-refractivity contribution in [2.45, 2.75) is 24.9 Å². The maximum Gasteiger partial charge on any atom is 0.160 e. The maximum atomic E-state index is 12.9. The molecule has 0 amide bonds. The van der Waals surface area contributed by atoms with E-state index in [-0.39, 0.29) is 12.4 Å². The third-order valence-corrected chi connectivity index (χ3v) is 4.94. The number of rotatable bonds is 6. The average Bonchev–Trinajstić information content (AvgIpc) is 3.12. The Hall–Kier alpha value is -2.51. The number of benzene rings is 1. The van der Waals surface area contributed by atoms with Gasteiger partial charge in [-0.15, -0.1) is 10.2 Å². The summed E-state index contributed by atoms with van der Waals surface area (Å²) in [7, 11) is 0. The van der Waals surface area contributed by atoms with E-state index in [4.69, 9.17) is 4.74 Å². The molecular weight excluding hydrogens is 347 g/mol. The van der Waals surface area contributed by atoms with E-state index >= 15 is 0 Å². The normalized spacial score (nSPS) is 19.3. The molecule has 27 heavy (non-hydrogen) atoms. The Labute approximate surface area is 157 Å². The molecule has 2 aromatic heterocycles. The molecule has 0 saturated carbocycles. The third-order valence-electron chi connectivity index (χ3n) is 4.94. The summed E-state index contributed by atoms with van der Waals surface area (Å²) in [4.78, 5) is 2.25. The van der Waals surface area contributed by atoms with Gasteiger partial charge in [0.1, 0.15) is 30.1 Å². The van der Waals surface area contributed by atoms with Gasteiger partial charge in [-0.2, -0.15) is 0 Å². The lowest BCUT2D eigenvalue weighted by molar-refractivity contribution is 0.0577. The van der Waals surface area contributed by atoms with Gasteiger partial charge >= 0.3 is 0 Å². The lowest BCUT2D eigenvalue weighted by Crippen LogP contribution is -2.41. The van der Waals surface area contributed by atoms with Gasteiger partial charge in [-0.3, -0.25) is 9.30 Å². The molecule has 2 atom stereocenters. The monoisotopic (exact) mass is 370 g/mol. The minimum absolute atomic E-state index is 0.181. The first kappa shape index (κ1) is 17.9. The van der Waals surface area contributed by atoms with Crippen molar-refractivity contribution < 1.29 is 14.2 Å². The first-order chi connectivity index (χ1) is 13.2. The summed E-state index contributed by atoms with van der Waals surface area (Å²) in [5.74, 6) is 1.53. The second-order valence-electron chi connectivity index (χ2n) is 7.00. The number of aliphatic hydroxyl groups excluding tert-OH is 1. The van der Waals surface area contributed by atoms with Crippen LogP contribution in [0.4, 0.5) is 4.39 Å². The standard InChI is InChI=1S/C20H23FN4O2/c21-16-6-8-18(9-7-16)27-14-17(26)13-24-10-3-4-15(12-24)20-23-22-19-5-1-2-11-25(19)20/h1-2,5-9,11,15,17,26H,3-4,10,12-14H2/t15-,17-/m0/s1. The number of aliphatic hydroxyl groups is 1. The summed E-state index contributed by atoms with van der Waals surface area (Å²) in [6.07, 6.45) is 3.50. The number of fused-ring (bicyclic) bond motifs is 1. The minimum atomic E-state index is -0.607. The summed E-state index contributed by atoms with van der Waals surface area (Å²) in [6, 6.07) is 11.7. The van der Waals surface area contributed by atoms with E-state index in [0.717, 1.165) is 37.4 Å². The number of halogens is 1. The maximum absolute atomic E-state index is 12.9. The van der Waals surface area contributed by atoms with Gasteiger partial charge in [0.15, 0.2) is 5.65 Å². The lowest BCUT2D eigenvalue weighted by atomic mass is 9.97. The van der Waals surface area contributed by atoms with Gasteiger partial charge in [-0.25, -0.2) is 4.39 Å². The van der Waals surface area contributed by atoms with Crippen LogP contribution in [0.2, 0.25) is 0 Å². The zero-order chi connectivity index (χ0) is 18.6. The minimum Gasteiger partial charge on any atom is -0.491 e. The van der Waals surface area contributed by atoms with Crippen LogP contribution in [0.1, 0.15) is 24.6 Å². The van der Waals surface area contributed by atoms with Crippen LogP contribution in [0, 0.1) is 5.82 Å². The number of nitrogens with zero attached hydrogens (tertiary/aromatic N) is 4. The molecule has 3 heterocycles. The molecule has 1 saturated heterocycles. The number of piperidine rings is 1. The molecular formula is C20H23FN4O2. The molecule has 0 radical (unpaired) electrons. The highest BCUT2D eigenvalue weighted by atomic mass is 19.1. The van der Waals surface area contributed by atoms with Gasteiger partial charge in [0, 0.05) is 25.2 Å². The van der Waals surface area contributed by atoms with E-state index in [1.807, 2.05) is 28.8 Å². The van der Waals surface area contributed by atoms with Gasteiger partial charge in [0.2, 0.25) is 0 Å². The van der Waals surface area contributed by atoms with Gasteiger partial charge in [0.25, 0.3) is 0 Å². The van der Waals surface area contributed by atoms with Crippen LogP contribution in [-0.4, -0.2) is 56.9 Å². The fraction of sp³-hybridized carbons (Fsp3) is 0.400. The fourth-order valence-corrected chi connectivity index (χ4v) is 3.64. The molecule has 3 aromatic rings. The summed E-state index contributed by atoms with van der Waals surface area (Å²) < 4.78 is 20.5. The van der Waals surface area contributed by atoms with Crippen molar-refractivity contribution in [3.8, 4) is 5.75 Å². The van der Waals surface area contributed by atoms with E-state index in [9.17, 15) is 9.50 Å². The smallest absolute Gasteiger partial charge is 0.160 e. The average molecular weight is 370 g/mol. The van der Waals surface area contributed by atoms with Crippen molar-refractivity contribution in [2.75, 3.05) is 26.2 Å². The first-order valence-corrected chi connectivity index (χ1v) is 9.27. The lowest BCUT2D eigenvalue weighted by Gasteiger charge is -2.33.